The van der Waals surface area contributed by atoms with Gasteiger partial charge in [0.05, 0.1) is 11.5 Å². The van der Waals surface area contributed by atoms with Crippen molar-refractivity contribution < 1.29 is 18.0 Å². The van der Waals surface area contributed by atoms with Crippen molar-refractivity contribution in [2.75, 3.05) is 18.1 Å². The van der Waals surface area contributed by atoms with E-state index in [4.69, 9.17) is 0 Å². The summed E-state index contributed by atoms with van der Waals surface area (Å²) in [4.78, 5) is 24.3. The Balaban J connectivity index is 2.52. The number of hydrogen-bond donors (Lipinski definition) is 2. The van der Waals surface area contributed by atoms with Crippen LogP contribution in [0.15, 0.2) is 0 Å². The third kappa shape index (κ3) is 5.30. The highest BCUT2D eigenvalue weighted by Crippen LogP contribution is 2.18. The molecule has 0 aromatic rings. The Hall–Kier alpha value is -1.11. The predicted molar refractivity (Wildman–Crippen MR) is 81.4 cm³/mol. The number of carbonyl (C=O) groups is 2. The smallest absolute Gasteiger partial charge is 0.235 e. The average molecular weight is 318 g/mol. The van der Waals surface area contributed by atoms with Crippen molar-refractivity contribution in [2.24, 2.45) is 11.3 Å². The van der Waals surface area contributed by atoms with Crippen LogP contribution in [0.5, 0.6) is 0 Å². The summed E-state index contributed by atoms with van der Waals surface area (Å²) in [5.41, 5.74) is -1.21. The summed E-state index contributed by atoms with van der Waals surface area (Å²) in [5.74, 6) is -0.220. The van der Waals surface area contributed by atoms with Crippen LogP contribution in [-0.4, -0.2) is 44.3 Å². The fourth-order valence-corrected chi connectivity index (χ4v) is 3.75. The molecule has 1 aliphatic rings. The number of nitrogens with one attached hydrogen (secondary N) is 2. The quantitative estimate of drug-likeness (QED) is 0.697. The molecule has 1 fully saturated rings. The zero-order valence-electron chi connectivity index (χ0n) is 13.2. The van der Waals surface area contributed by atoms with Gasteiger partial charge in [-0.05, 0) is 32.6 Å². The minimum atomic E-state index is -3.05. The van der Waals surface area contributed by atoms with Crippen LogP contribution in [0.25, 0.3) is 0 Å². The third-order valence-electron chi connectivity index (χ3n) is 3.71. The minimum Gasteiger partial charge on any atom is -0.355 e. The van der Waals surface area contributed by atoms with Gasteiger partial charge in [-0.15, -0.1) is 0 Å². The van der Waals surface area contributed by atoms with Crippen molar-refractivity contribution in [1.29, 1.82) is 0 Å². The average Bonchev–Trinajstić information content (AvgIpc) is 2.67. The molecular formula is C14H26N2O4S. The molecule has 2 amide bonds. The maximum atomic E-state index is 12.2. The van der Waals surface area contributed by atoms with Gasteiger partial charge in [0.2, 0.25) is 11.8 Å². The molecule has 1 saturated heterocycles. The lowest BCUT2D eigenvalue weighted by Gasteiger charge is -2.24. The van der Waals surface area contributed by atoms with Crippen molar-refractivity contribution >= 4 is 21.7 Å². The van der Waals surface area contributed by atoms with E-state index in [1.165, 1.54) is 0 Å². The third-order valence-corrected chi connectivity index (χ3v) is 5.48. The SMILES string of the molecule is CC(C)CCNC(=O)C(C)(C)C(=O)NC1CCS(=O)(=O)C1. The van der Waals surface area contributed by atoms with Crippen molar-refractivity contribution in [1.82, 2.24) is 10.6 Å². The van der Waals surface area contributed by atoms with Gasteiger partial charge in [0, 0.05) is 12.6 Å². The molecule has 0 spiro atoms. The molecule has 1 heterocycles. The summed E-state index contributed by atoms with van der Waals surface area (Å²) in [7, 11) is -3.05. The van der Waals surface area contributed by atoms with Crippen molar-refractivity contribution in [3.8, 4) is 0 Å². The summed E-state index contributed by atoms with van der Waals surface area (Å²) < 4.78 is 22.8. The van der Waals surface area contributed by atoms with Crippen LogP contribution in [0.2, 0.25) is 0 Å². The summed E-state index contributed by atoms with van der Waals surface area (Å²) in [6.45, 7) is 7.76. The van der Waals surface area contributed by atoms with Crippen LogP contribution in [0.1, 0.15) is 40.5 Å². The van der Waals surface area contributed by atoms with E-state index >= 15 is 0 Å². The first-order chi connectivity index (χ1) is 9.54. The Morgan fingerprint density at radius 2 is 1.86 bits per heavy atom. The van der Waals surface area contributed by atoms with Gasteiger partial charge in [-0.3, -0.25) is 9.59 Å². The predicted octanol–water partition coefficient (Wildman–Crippen LogP) is 0.478. The van der Waals surface area contributed by atoms with Gasteiger partial charge < -0.3 is 10.6 Å². The molecule has 122 valence electrons. The fraction of sp³-hybridized carbons (Fsp3) is 0.857. The van der Waals surface area contributed by atoms with E-state index in [1.54, 1.807) is 13.8 Å². The van der Waals surface area contributed by atoms with Crippen LogP contribution in [0.3, 0.4) is 0 Å². The Kier molecular flexibility index (Phi) is 5.78. The molecule has 0 aliphatic carbocycles. The van der Waals surface area contributed by atoms with Gasteiger partial charge in [-0.25, -0.2) is 8.42 Å². The van der Waals surface area contributed by atoms with Gasteiger partial charge in [0.1, 0.15) is 5.41 Å². The molecule has 1 unspecified atom stereocenters. The number of carbonyl (C=O) groups excluding carboxylic acids is 2. The molecule has 21 heavy (non-hydrogen) atoms. The van der Waals surface area contributed by atoms with E-state index in [0.717, 1.165) is 6.42 Å². The first-order valence-electron chi connectivity index (χ1n) is 7.34. The summed E-state index contributed by atoms with van der Waals surface area (Å²) >= 11 is 0. The highest BCUT2D eigenvalue weighted by molar-refractivity contribution is 7.91. The number of hydrogen-bond acceptors (Lipinski definition) is 4. The van der Waals surface area contributed by atoms with Crippen LogP contribution >= 0.6 is 0 Å². The van der Waals surface area contributed by atoms with Gasteiger partial charge in [0.15, 0.2) is 9.84 Å². The fourth-order valence-electron chi connectivity index (χ4n) is 2.07. The molecule has 0 aromatic carbocycles. The zero-order valence-corrected chi connectivity index (χ0v) is 14.0. The molecule has 7 heteroatoms. The van der Waals surface area contributed by atoms with Gasteiger partial charge in [-0.2, -0.15) is 0 Å². The molecule has 0 bridgehead atoms. The molecule has 0 radical (unpaired) electrons. The number of amides is 2. The first kappa shape index (κ1) is 17.9. The maximum Gasteiger partial charge on any atom is 0.235 e. The summed E-state index contributed by atoms with van der Waals surface area (Å²) in [6.07, 6.45) is 1.27. The zero-order chi connectivity index (χ0) is 16.3. The van der Waals surface area contributed by atoms with Gasteiger partial charge in [-0.1, -0.05) is 13.8 Å². The maximum absolute atomic E-state index is 12.2. The molecule has 0 saturated carbocycles. The van der Waals surface area contributed by atoms with Crippen LogP contribution in [0, 0.1) is 11.3 Å². The van der Waals surface area contributed by atoms with Crippen LogP contribution in [-0.2, 0) is 19.4 Å². The van der Waals surface area contributed by atoms with Gasteiger partial charge >= 0.3 is 0 Å². The molecule has 2 N–H and O–H groups in total. The Labute approximate surface area is 127 Å². The summed E-state index contributed by atoms with van der Waals surface area (Å²) in [5, 5.41) is 5.43. The second-order valence-electron chi connectivity index (χ2n) is 6.64. The van der Waals surface area contributed by atoms with Gasteiger partial charge in [0.25, 0.3) is 0 Å². The Bertz CT molecular complexity index is 497. The molecule has 0 aromatic heterocycles. The van der Waals surface area contributed by atoms with Crippen molar-refractivity contribution in [3.05, 3.63) is 0 Å². The molecular weight excluding hydrogens is 292 g/mol. The van der Waals surface area contributed by atoms with E-state index in [-0.39, 0.29) is 23.5 Å². The topological polar surface area (TPSA) is 92.3 Å². The molecule has 1 aliphatic heterocycles. The number of sulfone groups is 1. The van der Waals surface area contributed by atoms with Crippen molar-refractivity contribution in [3.63, 3.8) is 0 Å². The van der Waals surface area contributed by atoms with Crippen LogP contribution < -0.4 is 10.6 Å². The van der Waals surface area contributed by atoms with E-state index in [0.29, 0.717) is 18.9 Å². The highest BCUT2D eigenvalue weighted by atomic mass is 32.2. The normalized spacial score (nSPS) is 21.3. The Morgan fingerprint density at radius 3 is 2.33 bits per heavy atom. The lowest BCUT2D eigenvalue weighted by Crippen LogP contribution is -2.51. The minimum absolute atomic E-state index is 0.0379. The largest absolute Gasteiger partial charge is 0.355 e. The highest BCUT2D eigenvalue weighted by Gasteiger charge is 2.38. The van der Waals surface area contributed by atoms with E-state index in [9.17, 15) is 18.0 Å². The number of rotatable bonds is 6. The molecule has 6 nitrogen and oxygen atoms in total. The van der Waals surface area contributed by atoms with Crippen LogP contribution in [0.4, 0.5) is 0 Å². The monoisotopic (exact) mass is 318 g/mol. The summed E-state index contributed by atoms with van der Waals surface area (Å²) in [6, 6.07) is -0.384. The van der Waals surface area contributed by atoms with E-state index < -0.39 is 21.2 Å². The first-order valence-corrected chi connectivity index (χ1v) is 9.16. The standard InChI is InChI=1S/C14H26N2O4S/c1-10(2)5-7-15-12(17)14(3,4)13(18)16-11-6-8-21(19,20)9-11/h10-11H,5-9H2,1-4H3,(H,15,17)(H,16,18). The van der Waals surface area contributed by atoms with Crippen molar-refractivity contribution in [2.45, 2.75) is 46.6 Å². The lowest BCUT2D eigenvalue weighted by atomic mass is 9.90. The lowest BCUT2D eigenvalue weighted by molar-refractivity contribution is -0.141. The second kappa shape index (κ2) is 6.77. The second-order valence-corrected chi connectivity index (χ2v) is 8.87. The molecule has 1 rings (SSSR count). The Morgan fingerprint density at radius 1 is 1.24 bits per heavy atom. The van der Waals surface area contributed by atoms with E-state index in [2.05, 4.69) is 24.5 Å². The van der Waals surface area contributed by atoms with E-state index in [1.807, 2.05) is 0 Å². The molecule has 1 atom stereocenters.